The van der Waals surface area contributed by atoms with Crippen molar-refractivity contribution < 1.29 is 9.18 Å². The van der Waals surface area contributed by atoms with E-state index in [1.165, 1.54) is 16.8 Å². The van der Waals surface area contributed by atoms with Gasteiger partial charge in [0, 0.05) is 5.69 Å². The molecule has 0 saturated carbocycles. The van der Waals surface area contributed by atoms with E-state index in [4.69, 9.17) is 5.73 Å². The first kappa shape index (κ1) is 16.6. The molecule has 3 N–H and O–H groups in total. The molecule has 7 heteroatoms. The summed E-state index contributed by atoms with van der Waals surface area (Å²) >= 11 is 0. The molecule has 0 spiro atoms. The first-order chi connectivity index (χ1) is 12.1. The molecule has 3 aromatic rings. The Kier molecular flexibility index (Phi) is 4.74. The summed E-state index contributed by atoms with van der Waals surface area (Å²) in [5.41, 5.74) is 8.45. The average Bonchev–Trinajstić information content (AvgIpc) is 2.96. The number of halogens is 1. The summed E-state index contributed by atoms with van der Waals surface area (Å²) in [5.74, 6) is -0.634. The molecule has 3 rings (SSSR count). The number of nitrogens with one attached hydrogen (secondary N) is 1. The largest absolute Gasteiger partial charge is 0.382 e. The van der Waals surface area contributed by atoms with Gasteiger partial charge < -0.3 is 11.1 Å². The molecule has 25 heavy (non-hydrogen) atoms. The zero-order chi connectivity index (χ0) is 17.8. The number of nitrogen functional groups attached to an aromatic ring is 1. The highest BCUT2D eigenvalue weighted by atomic mass is 19.1. The lowest BCUT2D eigenvalue weighted by Gasteiger charge is -2.08. The monoisotopic (exact) mass is 339 g/mol. The predicted molar refractivity (Wildman–Crippen MR) is 93.7 cm³/mol. The Labute approximate surface area is 144 Å². The Balaban J connectivity index is 1.79. The Morgan fingerprint density at radius 3 is 2.80 bits per heavy atom. The van der Waals surface area contributed by atoms with Gasteiger partial charge in [0.15, 0.2) is 11.5 Å². The van der Waals surface area contributed by atoms with Gasteiger partial charge in [-0.3, -0.25) is 4.79 Å². The SMILES string of the molecule is CCc1ccccc1NC(=O)c1nnn(Cc2cccc(F)c2)c1N. The van der Waals surface area contributed by atoms with Crippen LogP contribution in [0.5, 0.6) is 0 Å². The molecule has 0 saturated heterocycles. The van der Waals surface area contributed by atoms with E-state index in [2.05, 4.69) is 15.6 Å². The van der Waals surface area contributed by atoms with Crippen molar-refractivity contribution in [3.05, 3.63) is 71.2 Å². The van der Waals surface area contributed by atoms with E-state index < -0.39 is 5.91 Å². The van der Waals surface area contributed by atoms with Crippen LogP contribution in [0.15, 0.2) is 48.5 Å². The van der Waals surface area contributed by atoms with Crippen molar-refractivity contribution in [2.24, 2.45) is 0 Å². The fourth-order valence-electron chi connectivity index (χ4n) is 2.54. The van der Waals surface area contributed by atoms with E-state index in [0.29, 0.717) is 11.3 Å². The van der Waals surface area contributed by atoms with E-state index in [1.807, 2.05) is 31.2 Å². The Morgan fingerprint density at radius 2 is 2.04 bits per heavy atom. The normalized spacial score (nSPS) is 10.6. The minimum Gasteiger partial charge on any atom is -0.382 e. The number of nitrogens with two attached hydrogens (primary N) is 1. The van der Waals surface area contributed by atoms with Crippen molar-refractivity contribution in [2.75, 3.05) is 11.1 Å². The quantitative estimate of drug-likeness (QED) is 0.748. The molecule has 0 bridgehead atoms. The fourth-order valence-corrected chi connectivity index (χ4v) is 2.54. The van der Waals surface area contributed by atoms with Crippen molar-refractivity contribution in [3.63, 3.8) is 0 Å². The first-order valence-electron chi connectivity index (χ1n) is 7.91. The molecule has 2 aromatic carbocycles. The third-order valence-electron chi connectivity index (χ3n) is 3.86. The zero-order valence-corrected chi connectivity index (χ0v) is 13.7. The maximum absolute atomic E-state index is 13.3. The molecular weight excluding hydrogens is 321 g/mol. The number of rotatable bonds is 5. The van der Waals surface area contributed by atoms with Crippen LogP contribution < -0.4 is 11.1 Å². The van der Waals surface area contributed by atoms with Crippen molar-refractivity contribution in [3.8, 4) is 0 Å². The number of nitrogens with zero attached hydrogens (tertiary/aromatic N) is 3. The molecule has 0 aliphatic heterocycles. The average molecular weight is 339 g/mol. The number of aryl methyl sites for hydroxylation is 1. The van der Waals surface area contributed by atoms with Crippen LogP contribution in [0.3, 0.4) is 0 Å². The zero-order valence-electron chi connectivity index (χ0n) is 13.7. The fraction of sp³-hybridized carbons (Fsp3) is 0.167. The van der Waals surface area contributed by atoms with Gasteiger partial charge in [0.2, 0.25) is 0 Å². The highest BCUT2D eigenvalue weighted by molar-refractivity contribution is 6.06. The summed E-state index contributed by atoms with van der Waals surface area (Å²) in [6, 6.07) is 13.6. The molecular formula is C18H18FN5O. The summed E-state index contributed by atoms with van der Waals surface area (Å²) in [4.78, 5) is 12.5. The van der Waals surface area contributed by atoms with Gasteiger partial charge in [-0.2, -0.15) is 0 Å². The topological polar surface area (TPSA) is 85.8 Å². The maximum Gasteiger partial charge on any atom is 0.280 e. The van der Waals surface area contributed by atoms with Crippen LogP contribution >= 0.6 is 0 Å². The molecule has 0 radical (unpaired) electrons. The Bertz CT molecular complexity index is 906. The van der Waals surface area contributed by atoms with Crippen LogP contribution in [0.25, 0.3) is 0 Å². The highest BCUT2D eigenvalue weighted by Gasteiger charge is 2.18. The van der Waals surface area contributed by atoms with Gasteiger partial charge in [0.25, 0.3) is 5.91 Å². The summed E-state index contributed by atoms with van der Waals surface area (Å²) < 4.78 is 14.6. The summed E-state index contributed by atoms with van der Waals surface area (Å²) in [6.07, 6.45) is 0.790. The molecule has 0 aliphatic rings. The number of hydrogen-bond donors (Lipinski definition) is 2. The minimum absolute atomic E-state index is 0.0438. The van der Waals surface area contributed by atoms with Crippen molar-refractivity contribution in [2.45, 2.75) is 19.9 Å². The second kappa shape index (κ2) is 7.12. The Morgan fingerprint density at radius 1 is 1.24 bits per heavy atom. The van der Waals surface area contributed by atoms with Crippen LogP contribution in [-0.4, -0.2) is 20.9 Å². The van der Waals surface area contributed by atoms with Crippen molar-refractivity contribution in [1.29, 1.82) is 0 Å². The molecule has 0 atom stereocenters. The van der Waals surface area contributed by atoms with Crippen LogP contribution in [0.4, 0.5) is 15.9 Å². The van der Waals surface area contributed by atoms with Gasteiger partial charge in [-0.1, -0.05) is 42.5 Å². The number of para-hydroxylation sites is 1. The van der Waals surface area contributed by atoms with Crippen LogP contribution in [0, 0.1) is 5.82 Å². The van der Waals surface area contributed by atoms with E-state index in [0.717, 1.165) is 12.0 Å². The molecule has 128 valence electrons. The van der Waals surface area contributed by atoms with Gasteiger partial charge in [0.05, 0.1) is 6.54 Å². The van der Waals surface area contributed by atoms with Crippen LogP contribution in [0.2, 0.25) is 0 Å². The van der Waals surface area contributed by atoms with Crippen LogP contribution in [0.1, 0.15) is 28.5 Å². The van der Waals surface area contributed by atoms with E-state index in [9.17, 15) is 9.18 Å². The predicted octanol–water partition coefficient (Wildman–Crippen LogP) is 2.86. The molecule has 0 aliphatic carbocycles. The van der Waals surface area contributed by atoms with Gasteiger partial charge in [0.1, 0.15) is 5.82 Å². The number of carbonyl (C=O) groups is 1. The molecule has 6 nitrogen and oxygen atoms in total. The van der Waals surface area contributed by atoms with Gasteiger partial charge in [-0.25, -0.2) is 9.07 Å². The van der Waals surface area contributed by atoms with Crippen molar-refractivity contribution in [1.82, 2.24) is 15.0 Å². The number of anilines is 2. The maximum atomic E-state index is 13.3. The standard InChI is InChI=1S/C18H18FN5O/c1-2-13-7-3-4-9-15(13)21-18(25)16-17(20)24(23-22-16)11-12-6-5-8-14(19)10-12/h3-10H,2,11,20H2,1H3,(H,21,25). The summed E-state index contributed by atoms with van der Waals surface area (Å²) in [5, 5.41) is 10.6. The van der Waals surface area contributed by atoms with Gasteiger partial charge in [-0.15, -0.1) is 5.10 Å². The molecule has 1 heterocycles. The third kappa shape index (κ3) is 3.65. The second-order valence-electron chi connectivity index (χ2n) is 5.58. The lowest BCUT2D eigenvalue weighted by molar-refractivity contribution is 0.102. The molecule has 1 aromatic heterocycles. The number of carbonyl (C=O) groups excluding carboxylic acids is 1. The summed E-state index contributed by atoms with van der Waals surface area (Å²) in [7, 11) is 0. The number of benzene rings is 2. The first-order valence-corrected chi connectivity index (χ1v) is 7.91. The van der Waals surface area contributed by atoms with E-state index >= 15 is 0 Å². The number of amides is 1. The lowest BCUT2D eigenvalue weighted by Crippen LogP contribution is -2.16. The number of aromatic nitrogens is 3. The van der Waals surface area contributed by atoms with Crippen LogP contribution in [-0.2, 0) is 13.0 Å². The lowest BCUT2D eigenvalue weighted by atomic mass is 10.1. The van der Waals surface area contributed by atoms with E-state index in [1.54, 1.807) is 12.1 Å². The minimum atomic E-state index is -0.427. The highest BCUT2D eigenvalue weighted by Crippen LogP contribution is 2.18. The van der Waals surface area contributed by atoms with Gasteiger partial charge in [-0.05, 0) is 35.7 Å². The second-order valence-corrected chi connectivity index (χ2v) is 5.58. The Hall–Kier alpha value is -3.22. The smallest absolute Gasteiger partial charge is 0.280 e. The van der Waals surface area contributed by atoms with Gasteiger partial charge >= 0.3 is 0 Å². The third-order valence-corrected chi connectivity index (χ3v) is 3.86. The molecule has 1 amide bonds. The molecule has 0 fully saturated rings. The number of hydrogen-bond acceptors (Lipinski definition) is 4. The van der Waals surface area contributed by atoms with E-state index in [-0.39, 0.29) is 23.9 Å². The summed E-state index contributed by atoms with van der Waals surface area (Å²) in [6.45, 7) is 2.24. The van der Waals surface area contributed by atoms with Crippen molar-refractivity contribution >= 4 is 17.4 Å². The molecule has 0 unspecified atom stereocenters.